The number of hydrogen-bond donors (Lipinski definition) is 2. The van der Waals surface area contributed by atoms with Crippen molar-refractivity contribution < 1.29 is 0 Å². The summed E-state index contributed by atoms with van der Waals surface area (Å²) in [7, 11) is 0. The van der Waals surface area contributed by atoms with Crippen LogP contribution in [-0.4, -0.2) is 19.1 Å². The Morgan fingerprint density at radius 2 is 2.15 bits per heavy atom. The maximum absolute atomic E-state index is 3.60. The van der Waals surface area contributed by atoms with Gasteiger partial charge < -0.3 is 10.6 Å². The molecule has 2 aliphatic heterocycles. The summed E-state index contributed by atoms with van der Waals surface area (Å²) in [5, 5.41) is 7.05. The molecule has 0 bridgehead atoms. The summed E-state index contributed by atoms with van der Waals surface area (Å²) in [4.78, 5) is 0. The van der Waals surface area contributed by atoms with E-state index >= 15 is 0 Å². The molecular formula is C11H14N2. The van der Waals surface area contributed by atoms with Gasteiger partial charge in [0.25, 0.3) is 0 Å². The Morgan fingerprint density at radius 1 is 1.23 bits per heavy atom. The molecule has 2 aliphatic rings. The maximum atomic E-state index is 3.60. The van der Waals surface area contributed by atoms with Crippen LogP contribution in [0.5, 0.6) is 0 Å². The second kappa shape index (κ2) is 2.74. The number of anilines is 1. The van der Waals surface area contributed by atoms with Gasteiger partial charge in [0.2, 0.25) is 0 Å². The Labute approximate surface area is 78.3 Å². The van der Waals surface area contributed by atoms with E-state index in [-0.39, 0.29) is 0 Å². The molecule has 2 N–H and O–H groups in total. The van der Waals surface area contributed by atoms with E-state index in [0.29, 0.717) is 12.0 Å². The Kier molecular flexibility index (Phi) is 1.56. The summed E-state index contributed by atoms with van der Waals surface area (Å²) in [5.74, 6) is 0.699. The van der Waals surface area contributed by atoms with Crippen molar-refractivity contribution in [3.05, 3.63) is 29.8 Å². The Hall–Kier alpha value is -1.02. The molecular weight excluding hydrogens is 160 g/mol. The minimum Gasteiger partial charge on any atom is -0.381 e. The van der Waals surface area contributed by atoms with Gasteiger partial charge in [0, 0.05) is 24.2 Å². The monoisotopic (exact) mass is 174 g/mol. The van der Waals surface area contributed by atoms with Crippen LogP contribution in [0.25, 0.3) is 0 Å². The van der Waals surface area contributed by atoms with Gasteiger partial charge in [-0.25, -0.2) is 0 Å². The fraction of sp³-hybridized carbons (Fsp3) is 0.455. The fourth-order valence-electron chi connectivity index (χ4n) is 2.51. The molecule has 0 spiro atoms. The molecule has 2 heteroatoms. The van der Waals surface area contributed by atoms with Gasteiger partial charge in [-0.05, 0) is 24.6 Å². The van der Waals surface area contributed by atoms with E-state index in [1.807, 2.05) is 0 Å². The van der Waals surface area contributed by atoms with Crippen molar-refractivity contribution in [2.24, 2.45) is 0 Å². The zero-order chi connectivity index (χ0) is 8.67. The van der Waals surface area contributed by atoms with E-state index in [0.717, 1.165) is 13.1 Å². The summed E-state index contributed by atoms with van der Waals surface area (Å²) < 4.78 is 0. The van der Waals surface area contributed by atoms with Gasteiger partial charge >= 0.3 is 0 Å². The number of nitrogens with one attached hydrogen (secondary N) is 2. The number of fused-ring (bicyclic) bond motifs is 3. The largest absolute Gasteiger partial charge is 0.381 e. The summed E-state index contributed by atoms with van der Waals surface area (Å²) in [5.41, 5.74) is 2.85. The molecule has 3 rings (SSSR count). The van der Waals surface area contributed by atoms with E-state index in [1.54, 1.807) is 0 Å². The molecule has 2 nitrogen and oxygen atoms in total. The van der Waals surface area contributed by atoms with Crippen LogP contribution in [0.15, 0.2) is 24.3 Å². The van der Waals surface area contributed by atoms with Crippen LogP contribution in [0.1, 0.15) is 17.9 Å². The number of benzene rings is 1. The van der Waals surface area contributed by atoms with Gasteiger partial charge in [-0.15, -0.1) is 0 Å². The molecule has 0 radical (unpaired) electrons. The molecule has 0 aromatic heterocycles. The van der Waals surface area contributed by atoms with E-state index in [4.69, 9.17) is 0 Å². The number of rotatable bonds is 0. The van der Waals surface area contributed by atoms with E-state index in [2.05, 4.69) is 34.9 Å². The first-order valence-corrected chi connectivity index (χ1v) is 5.01. The third-order valence-electron chi connectivity index (χ3n) is 3.18. The highest BCUT2D eigenvalue weighted by Gasteiger charge is 2.33. The summed E-state index contributed by atoms with van der Waals surface area (Å²) in [6.07, 6.45) is 1.25. The smallest absolute Gasteiger partial charge is 0.0379 e. The highest BCUT2D eigenvalue weighted by Crippen LogP contribution is 2.37. The molecule has 2 atom stereocenters. The Morgan fingerprint density at radius 3 is 3.15 bits per heavy atom. The van der Waals surface area contributed by atoms with Crippen molar-refractivity contribution in [1.29, 1.82) is 0 Å². The van der Waals surface area contributed by atoms with Crippen LogP contribution in [-0.2, 0) is 0 Å². The Bertz CT molecular complexity index is 322. The van der Waals surface area contributed by atoms with Crippen molar-refractivity contribution in [2.75, 3.05) is 18.4 Å². The topological polar surface area (TPSA) is 24.1 Å². The minimum atomic E-state index is 0.679. The van der Waals surface area contributed by atoms with E-state index in [1.165, 1.54) is 17.7 Å². The van der Waals surface area contributed by atoms with E-state index < -0.39 is 0 Å². The van der Waals surface area contributed by atoms with Gasteiger partial charge in [-0.2, -0.15) is 0 Å². The van der Waals surface area contributed by atoms with Gasteiger partial charge in [0.05, 0.1) is 0 Å². The zero-order valence-corrected chi connectivity index (χ0v) is 7.59. The molecule has 0 aliphatic carbocycles. The quantitative estimate of drug-likeness (QED) is 0.623. The molecule has 1 saturated heterocycles. The van der Waals surface area contributed by atoms with Crippen molar-refractivity contribution in [3.8, 4) is 0 Å². The SMILES string of the molecule is c1ccc2c(c1)N[C@@H]1CCNC[C@H]21. The van der Waals surface area contributed by atoms with Crippen molar-refractivity contribution in [3.63, 3.8) is 0 Å². The highest BCUT2D eigenvalue weighted by atomic mass is 15.0. The van der Waals surface area contributed by atoms with Crippen LogP contribution in [0.4, 0.5) is 5.69 Å². The van der Waals surface area contributed by atoms with E-state index in [9.17, 15) is 0 Å². The van der Waals surface area contributed by atoms with Crippen molar-refractivity contribution >= 4 is 5.69 Å². The van der Waals surface area contributed by atoms with Gasteiger partial charge in [-0.3, -0.25) is 0 Å². The molecule has 2 heterocycles. The van der Waals surface area contributed by atoms with Gasteiger partial charge in [-0.1, -0.05) is 18.2 Å². The van der Waals surface area contributed by atoms with Crippen molar-refractivity contribution in [1.82, 2.24) is 5.32 Å². The normalized spacial score (nSPS) is 30.5. The molecule has 13 heavy (non-hydrogen) atoms. The minimum absolute atomic E-state index is 0.679. The third-order valence-corrected chi connectivity index (χ3v) is 3.18. The van der Waals surface area contributed by atoms with Crippen LogP contribution >= 0.6 is 0 Å². The second-order valence-electron chi connectivity index (χ2n) is 3.94. The summed E-state index contributed by atoms with van der Waals surface area (Å²) >= 11 is 0. The fourth-order valence-corrected chi connectivity index (χ4v) is 2.51. The molecule has 1 aromatic rings. The number of piperidine rings is 1. The van der Waals surface area contributed by atoms with Crippen LogP contribution in [0, 0.1) is 0 Å². The summed E-state index contributed by atoms with van der Waals surface area (Å²) in [6.45, 7) is 2.29. The first kappa shape index (κ1) is 7.39. The first-order valence-electron chi connectivity index (χ1n) is 5.01. The number of hydrogen-bond acceptors (Lipinski definition) is 2. The predicted molar refractivity (Wildman–Crippen MR) is 54.1 cm³/mol. The zero-order valence-electron chi connectivity index (χ0n) is 7.59. The lowest BCUT2D eigenvalue weighted by Gasteiger charge is -2.26. The Balaban J connectivity index is 2.01. The average molecular weight is 174 g/mol. The lowest BCUT2D eigenvalue weighted by Crippen LogP contribution is -2.38. The molecule has 0 saturated carbocycles. The lowest BCUT2D eigenvalue weighted by molar-refractivity contribution is 0.440. The molecule has 0 amide bonds. The number of para-hydroxylation sites is 1. The molecule has 1 fully saturated rings. The molecule has 68 valence electrons. The van der Waals surface area contributed by atoms with Gasteiger partial charge in [0.15, 0.2) is 0 Å². The highest BCUT2D eigenvalue weighted by molar-refractivity contribution is 5.59. The van der Waals surface area contributed by atoms with Gasteiger partial charge in [0.1, 0.15) is 0 Å². The third kappa shape index (κ3) is 1.05. The summed E-state index contributed by atoms with van der Waals surface area (Å²) in [6, 6.07) is 9.36. The molecule has 1 aromatic carbocycles. The van der Waals surface area contributed by atoms with Crippen molar-refractivity contribution in [2.45, 2.75) is 18.4 Å². The first-order chi connectivity index (χ1) is 6.45. The van der Waals surface area contributed by atoms with Crippen LogP contribution in [0.3, 0.4) is 0 Å². The maximum Gasteiger partial charge on any atom is 0.0379 e. The average Bonchev–Trinajstić information content (AvgIpc) is 2.56. The second-order valence-corrected chi connectivity index (χ2v) is 3.94. The predicted octanol–water partition coefficient (Wildman–Crippen LogP) is 1.56. The lowest BCUT2D eigenvalue weighted by atomic mass is 9.91. The molecule has 0 unspecified atom stereocenters. The van der Waals surface area contributed by atoms with Crippen LogP contribution < -0.4 is 10.6 Å². The van der Waals surface area contributed by atoms with Crippen LogP contribution in [0.2, 0.25) is 0 Å². The standard InChI is InChI=1S/C11H14N2/c1-2-4-10-8(3-1)9-7-12-6-5-11(9)13-10/h1-4,9,11-13H,5-7H2/t9-,11-/m1/s1.